The van der Waals surface area contributed by atoms with E-state index in [4.69, 9.17) is 0 Å². The summed E-state index contributed by atoms with van der Waals surface area (Å²) in [5.41, 5.74) is -0.268. The molecule has 1 amide bonds. The average Bonchev–Trinajstić information content (AvgIpc) is 2.53. The van der Waals surface area contributed by atoms with E-state index in [9.17, 15) is 23.3 Å². The van der Waals surface area contributed by atoms with Crippen LogP contribution in [-0.4, -0.2) is 24.8 Å². The van der Waals surface area contributed by atoms with Gasteiger partial charge in [0.1, 0.15) is 0 Å². The molecule has 0 unspecified atom stereocenters. The molecule has 0 aliphatic rings. The second-order valence-electron chi connectivity index (χ2n) is 6.64. The van der Waals surface area contributed by atoms with Crippen LogP contribution in [0.5, 0.6) is 0 Å². The second-order valence-corrected chi connectivity index (χ2v) is 8.32. The van der Waals surface area contributed by atoms with Gasteiger partial charge in [-0.25, -0.2) is 13.1 Å². The SMILES string of the molecule is CC(C)(C)NS(=O)(=O)c1ccc(C(=O)Nc2cccc([N+](=O)[O-])c2)cc1. The molecule has 0 spiro atoms. The van der Waals surface area contributed by atoms with Crippen LogP contribution in [-0.2, 0) is 10.0 Å². The summed E-state index contributed by atoms with van der Waals surface area (Å²) in [5, 5.41) is 13.3. The number of nitro benzene ring substituents is 1. The maximum Gasteiger partial charge on any atom is 0.271 e. The molecule has 2 aromatic rings. The molecule has 2 N–H and O–H groups in total. The Kier molecular flexibility index (Phi) is 5.43. The third kappa shape index (κ3) is 5.11. The highest BCUT2D eigenvalue weighted by molar-refractivity contribution is 7.89. The van der Waals surface area contributed by atoms with E-state index < -0.39 is 26.4 Å². The summed E-state index contributed by atoms with van der Waals surface area (Å²) in [4.78, 5) is 22.5. The van der Waals surface area contributed by atoms with Gasteiger partial charge in [-0.15, -0.1) is 0 Å². The fourth-order valence-corrected chi connectivity index (χ4v) is 3.57. The quantitative estimate of drug-likeness (QED) is 0.613. The van der Waals surface area contributed by atoms with Crippen molar-refractivity contribution in [2.45, 2.75) is 31.2 Å². The Labute approximate surface area is 151 Å². The Bertz CT molecular complexity index is 932. The lowest BCUT2D eigenvalue weighted by Gasteiger charge is -2.20. The summed E-state index contributed by atoms with van der Waals surface area (Å²) < 4.78 is 27.0. The van der Waals surface area contributed by atoms with Crippen molar-refractivity contribution >= 4 is 27.3 Å². The monoisotopic (exact) mass is 377 g/mol. The van der Waals surface area contributed by atoms with Gasteiger partial charge in [0.15, 0.2) is 0 Å². The van der Waals surface area contributed by atoms with Gasteiger partial charge < -0.3 is 5.32 Å². The third-order valence-electron chi connectivity index (χ3n) is 3.18. The van der Waals surface area contributed by atoms with Crippen molar-refractivity contribution in [3.05, 3.63) is 64.2 Å². The first-order valence-corrected chi connectivity index (χ1v) is 9.16. The van der Waals surface area contributed by atoms with Crippen LogP contribution >= 0.6 is 0 Å². The molecule has 2 aromatic carbocycles. The molecule has 0 aliphatic heterocycles. The van der Waals surface area contributed by atoms with Crippen LogP contribution in [0.4, 0.5) is 11.4 Å². The number of non-ortho nitro benzene ring substituents is 1. The highest BCUT2D eigenvalue weighted by atomic mass is 32.2. The fourth-order valence-electron chi connectivity index (χ4n) is 2.15. The predicted molar refractivity (Wildman–Crippen MR) is 97.6 cm³/mol. The van der Waals surface area contributed by atoms with E-state index in [1.165, 1.54) is 48.5 Å². The molecule has 0 aliphatic carbocycles. The van der Waals surface area contributed by atoms with Gasteiger partial charge in [0.25, 0.3) is 11.6 Å². The second kappa shape index (κ2) is 7.22. The summed E-state index contributed by atoms with van der Waals surface area (Å²) in [7, 11) is -3.69. The van der Waals surface area contributed by atoms with Crippen molar-refractivity contribution in [1.82, 2.24) is 4.72 Å². The van der Waals surface area contributed by atoms with Gasteiger partial charge in [0, 0.05) is 28.9 Å². The van der Waals surface area contributed by atoms with E-state index in [-0.39, 0.29) is 21.8 Å². The number of carbonyl (C=O) groups is 1. The van der Waals surface area contributed by atoms with E-state index in [1.807, 2.05) is 0 Å². The number of carbonyl (C=O) groups excluding carboxylic acids is 1. The number of hydrogen-bond acceptors (Lipinski definition) is 5. The lowest BCUT2D eigenvalue weighted by atomic mass is 10.1. The molecule has 0 aromatic heterocycles. The molecule has 0 heterocycles. The zero-order chi connectivity index (χ0) is 19.5. The number of nitrogens with zero attached hydrogens (tertiary/aromatic N) is 1. The van der Waals surface area contributed by atoms with Gasteiger partial charge in [-0.3, -0.25) is 14.9 Å². The van der Waals surface area contributed by atoms with Gasteiger partial charge >= 0.3 is 0 Å². The Hall–Kier alpha value is -2.78. The minimum absolute atomic E-state index is 0.0410. The highest BCUT2D eigenvalue weighted by Gasteiger charge is 2.22. The average molecular weight is 377 g/mol. The molecule has 0 saturated carbocycles. The van der Waals surface area contributed by atoms with Crippen molar-refractivity contribution in [2.75, 3.05) is 5.32 Å². The lowest BCUT2D eigenvalue weighted by Crippen LogP contribution is -2.40. The van der Waals surface area contributed by atoms with Crippen molar-refractivity contribution in [2.24, 2.45) is 0 Å². The van der Waals surface area contributed by atoms with Crippen LogP contribution in [0.25, 0.3) is 0 Å². The number of rotatable bonds is 5. The molecule has 2 rings (SSSR count). The molecule has 26 heavy (non-hydrogen) atoms. The van der Waals surface area contributed by atoms with Gasteiger partial charge in [-0.1, -0.05) is 6.07 Å². The molecule has 0 radical (unpaired) electrons. The van der Waals surface area contributed by atoms with E-state index in [0.29, 0.717) is 0 Å². The summed E-state index contributed by atoms with van der Waals surface area (Å²) in [5.74, 6) is -0.502. The fraction of sp³-hybridized carbons (Fsp3) is 0.235. The molecule has 9 heteroatoms. The molecule has 8 nitrogen and oxygen atoms in total. The van der Waals surface area contributed by atoms with Crippen LogP contribution in [0.3, 0.4) is 0 Å². The van der Waals surface area contributed by atoms with Gasteiger partial charge in [-0.2, -0.15) is 0 Å². The first kappa shape index (κ1) is 19.5. The van der Waals surface area contributed by atoms with Crippen molar-refractivity contribution < 1.29 is 18.1 Å². The smallest absolute Gasteiger partial charge is 0.271 e. The van der Waals surface area contributed by atoms with Crippen LogP contribution in [0, 0.1) is 10.1 Å². The topological polar surface area (TPSA) is 118 Å². The molecular formula is C17H19N3O5S. The summed E-state index contributed by atoms with van der Waals surface area (Å²) in [6.45, 7) is 5.18. The number of amides is 1. The summed E-state index contributed by atoms with van der Waals surface area (Å²) >= 11 is 0. The Morgan fingerprint density at radius 3 is 2.23 bits per heavy atom. The summed E-state index contributed by atoms with van der Waals surface area (Å²) in [6, 6.07) is 11.0. The third-order valence-corrected chi connectivity index (χ3v) is 4.96. The summed E-state index contributed by atoms with van der Waals surface area (Å²) in [6.07, 6.45) is 0. The van der Waals surface area contributed by atoms with Crippen molar-refractivity contribution in [1.29, 1.82) is 0 Å². The van der Waals surface area contributed by atoms with Gasteiger partial charge in [0.2, 0.25) is 10.0 Å². The van der Waals surface area contributed by atoms with E-state index in [0.717, 1.165) is 0 Å². The van der Waals surface area contributed by atoms with Crippen LogP contribution in [0.2, 0.25) is 0 Å². The van der Waals surface area contributed by atoms with Crippen LogP contribution in [0.1, 0.15) is 31.1 Å². The van der Waals surface area contributed by atoms with Crippen LogP contribution < -0.4 is 10.0 Å². The van der Waals surface area contributed by atoms with E-state index in [2.05, 4.69) is 10.0 Å². The number of benzene rings is 2. The Balaban J connectivity index is 2.17. The van der Waals surface area contributed by atoms with Crippen LogP contribution in [0.15, 0.2) is 53.4 Å². The highest BCUT2D eigenvalue weighted by Crippen LogP contribution is 2.19. The first-order valence-electron chi connectivity index (χ1n) is 7.68. The van der Waals surface area contributed by atoms with Gasteiger partial charge in [-0.05, 0) is 51.1 Å². The normalized spacial score (nSPS) is 11.8. The zero-order valence-electron chi connectivity index (χ0n) is 14.5. The number of sulfonamides is 1. The largest absolute Gasteiger partial charge is 0.322 e. The maximum absolute atomic E-state index is 12.2. The van der Waals surface area contributed by atoms with E-state index >= 15 is 0 Å². The molecule has 0 atom stereocenters. The molecule has 138 valence electrons. The minimum atomic E-state index is -3.69. The zero-order valence-corrected chi connectivity index (χ0v) is 15.3. The number of anilines is 1. The Morgan fingerprint density at radius 1 is 1.08 bits per heavy atom. The minimum Gasteiger partial charge on any atom is -0.322 e. The molecular weight excluding hydrogens is 358 g/mol. The van der Waals surface area contributed by atoms with Crippen molar-refractivity contribution in [3.8, 4) is 0 Å². The van der Waals surface area contributed by atoms with E-state index in [1.54, 1.807) is 20.8 Å². The van der Waals surface area contributed by atoms with Crippen molar-refractivity contribution in [3.63, 3.8) is 0 Å². The molecule has 0 fully saturated rings. The number of hydrogen-bond donors (Lipinski definition) is 2. The van der Waals surface area contributed by atoms with Gasteiger partial charge in [0.05, 0.1) is 9.82 Å². The molecule has 0 bridgehead atoms. The molecule has 0 saturated heterocycles. The predicted octanol–water partition coefficient (Wildman–Crippen LogP) is 2.92. The first-order chi connectivity index (χ1) is 12.0. The maximum atomic E-state index is 12.2. The lowest BCUT2D eigenvalue weighted by molar-refractivity contribution is -0.384. The number of nitrogens with one attached hydrogen (secondary N) is 2. The Morgan fingerprint density at radius 2 is 1.69 bits per heavy atom. The number of nitro groups is 1. The standard InChI is InChI=1S/C17H19N3O5S/c1-17(2,3)19-26(24,25)15-9-7-12(8-10-15)16(21)18-13-5-4-6-14(11-13)20(22)23/h4-11,19H,1-3H3,(H,18,21).